The Bertz CT molecular complexity index is 126. The van der Waals surface area contributed by atoms with Gasteiger partial charge in [-0.1, -0.05) is 25.0 Å². The van der Waals surface area contributed by atoms with Crippen molar-refractivity contribution in [1.29, 1.82) is 0 Å². The van der Waals surface area contributed by atoms with E-state index in [9.17, 15) is 4.79 Å². The van der Waals surface area contributed by atoms with Crippen LogP contribution < -0.4 is 4.72 Å². The second kappa shape index (κ2) is 4.58. The highest BCUT2D eigenvalue weighted by atomic mass is 32.1. The van der Waals surface area contributed by atoms with E-state index in [-0.39, 0.29) is 6.42 Å². The van der Waals surface area contributed by atoms with Crippen LogP contribution in [0, 0.1) is 0 Å². The van der Waals surface area contributed by atoms with Crippen LogP contribution in [0.2, 0.25) is 0 Å². The third-order valence-electron chi connectivity index (χ3n) is 0.691. The second-order valence-corrected chi connectivity index (χ2v) is 2.15. The molecule has 0 saturated heterocycles. The number of nitrogens with one attached hydrogen (secondary N) is 1. The Morgan fingerprint density at radius 3 is 2.56 bits per heavy atom. The van der Waals surface area contributed by atoms with E-state index in [4.69, 9.17) is 5.11 Å². The van der Waals surface area contributed by atoms with Crippen molar-refractivity contribution in [2.24, 2.45) is 0 Å². The van der Waals surface area contributed by atoms with Gasteiger partial charge in [0.05, 0.1) is 11.4 Å². The predicted molar refractivity (Wildman–Crippen MR) is 41.6 cm³/mol. The van der Waals surface area contributed by atoms with Gasteiger partial charge in [-0.3, -0.25) is 4.79 Å². The topological polar surface area (TPSA) is 49.3 Å². The summed E-state index contributed by atoms with van der Waals surface area (Å²) in [6.07, 6.45) is 0.417. The van der Waals surface area contributed by atoms with Crippen LogP contribution in [0.3, 0.4) is 0 Å². The molecular weight excluding hydrogens is 158 g/mol. The molecule has 0 spiro atoms. The largest absolute Gasteiger partial charge is 0.481 e. The maximum Gasteiger partial charge on any atom is 0.303 e. The summed E-state index contributed by atoms with van der Waals surface area (Å²) in [5.74, 6) is -0.846. The lowest BCUT2D eigenvalue weighted by molar-refractivity contribution is -0.136. The zero-order valence-corrected chi connectivity index (χ0v) is 6.34. The molecule has 0 unspecified atom stereocenters. The first-order valence-corrected chi connectivity index (χ1v) is 3.17. The van der Waals surface area contributed by atoms with Crippen molar-refractivity contribution < 1.29 is 9.90 Å². The van der Waals surface area contributed by atoms with Crippen LogP contribution in [-0.2, 0) is 4.79 Å². The van der Waals surface area contributed by atoms with Crippen molar-refractivity contribution >= 4 is 36.0 Å². The molecule has 0 amide bonds. The van der Waals surface area contributed by atoms with Gasteiger partial charge in [-0.05, 0) is 0 Å². The molecule has 0 atom stereocenters. The highest BCUT2D eigenvalue weighted by Crippen LogP contribution is 1.90. The summed E-state index contributed by atoms with van der Waals surface area (Å²) in [6, 6.07) is 0. The average Bonchev–Trinajstić information content (AvgIpc) is 1.83. The summed E-state index contributed by atoms with van der Waals surface area (Å²) in [4.78, 5) is 10.4. The van der Waals surface area contributed by atoms with Crippen molar-refractivity contribution in [3.05, 3.63) is 0 Å². The summed E-state index contributed by atoms with van der Waals surface area (Å²) in [5.41, 5.74) is 0. The van der Waals surface area contributed by atoms with Gasteiger partial charge in [-0.2, -0.15) is 0 Å². The molecule has 0 radical (unpaired) electrons. The number of carboxylic acids is 1. The van der Waals surface area contributed by atoms with E-state index in [2.05, 4.69) is 29.8 Å². The van der Waals surface area contributed by atoms with E-state index >= 15 is 0 Å². The molecule has 0 rings (SSSR count). The summed E-state index contributed by atoms with van der Waals surface area (Å²) in [6.45, 7) is 0. The van der Waals surface area contributed by atoms with Crippen LogP contribution >= 0.6 is 25.0 Å². The summed E-state index contributed by atoms with van der Waals surface area (Å²) in [7, 11) is 0. The SMILES string of the molecule is O=C(O)CCC(=S)NS. The van der Waals surface area contributed by atoms with Crippen molar-refractivity contribution in [3.63, 3.8) is 0 Å². The first-order chi connectivity index (χ1) is 4.16. The maximum atomic E-state index is 9.91. The van der Waals surface area contributed by atoms with E-state index in [1.165, 1.54) is 0 Å². The molecule has 0 aromatic carbocycles. The summed E-state index contributed by atoms with van der Waals surface area (Å²) >= 11 is 8.26. The highest BCUT2D eigenvalue weighted by Gasteiger charge is 1.98. The van der Waals surface area contributed by atoms with E-state index in [0.29, 0.717) is 11.4 Å². The number of carbonyl (C=O) groups is 1. The summed E-state index contributed by atoms with van der Waals surface area (Å²) in [5, 5.41) is 8.15. The quantitative estimate of drug-likeness (QED) is 0.424. The Hall–Kier alpha value is -0.290. The van der Waals surface area contributed by atoms with E-state index < -0.39 is 5.97 Å². The zero-order chi connectivity index (χ0) is 7.28. The van der Waals surface area contributed by atoms with Gasteiger partial charge in [0.25, 0.3) is 0 Å². The van der Waals surface area contributed by atoms with Crippen LogP contribution in [0.5, 0.6) is 0 Å². The lowest BCUT2D eigenvalue weighted by Gasteiger charge is -1.96. The highest BCUT2D eigenvalue weighted by molar-refractivity contribution is 7.84. The third kappa shape index (κ3) is 5.58. The standard InChI is InChI=1S/C4H7NO2S2/c6-4(7)2-1-3(8)5-9/h9H,1-2H2,(H,5,8)(H,6,7). The van der Waals surface area contributed by atoms with Crippen LogP contribution in [0.15, 0.2) is 0 Å². The molecule has 0 aliphatic heterocycles. The Labute approximate surface area is 64.0 Å². The predicted octanol–water partition coefficient (Wildman–Crippen LogP) is 0.613. The normalized spacial score (nSPS) is 8.56. The minimum Gasteiger partial charge on any atom is -0.481 e. The first kappa shape index (κ1) is 8.71. The van der Waals surface area contributed by atoms with Crippen LogP contribution in [0.4, 0.5) is 0 Å². The molecule has 0 saturated carbocycles. The van der Waals surface area contributed by atoms with Crippen molar-refractivity contribution in [3.8, 4) is 0 Å². The van der Waals surface area contributed by atoms with Crippen molar-refractivity contribution in [2.75, 3.05) is 0 Å². The molecule has 2 N–H and O–H groups in total. The molecule has 0 aromatic heterocycles. The first-order valence-electron chi connectivity index (χ1n) is 2.31. The fourth-order valence-electron chi connectivity index (χ4n) is 0.276. The van der Waals surface area contributed by atoms with Crippen LogP contribution in [-0.4, -0.2) is 16.1 Å². The van der Waals surface area contributed by atoms with Crippen molar-refractivity contribution in [1.82, 2.24) is 4.72 Å². The Morgan fingerprint density at radius 2 is 2.22 bits per heavy atom. The zero-order valence-electron chi connectivity index (χ0n) is 4.63. The number of thiol groups is 1. The number of carboxylic acid groups (broad SMARTS) is 1. The van der Waals surface area contributed by atoms with Gasteiger partial charge in [0, 0.05) is 6.42 Å². The van der Waals surface area contributed by atoms with E-state index in [1.807, 2.05) is 0 Å². The van der Waals surface area contributed by atoms with Gasteiger partial charge in [0.1, 0.15) is 0 Å². The number of thiocarbonyl (C=S) groups is 1. The van der Waals surface area contributed by atoms with Gasteiger partial charge < -0.3 is 9.83 Å². The lowest BCUT2D eigenvalue weighted by atomic mass is 10.3. The van der Waals surface area contributed by atoms with E-state index in [0.717, 1.165) is 0 Å². The number of hydrogen-bond acceptors (Lipinski definition) is 3. The molecule has 0 fully saturated rings. The smallest absolute Gasteiger partial charge is 0.303 e. The molecule has 0 aliphatic carbocycles. The van der Waals surface area contributed by atoms with Gasteiger partial charge in [0.15, 0.2) is 0 Å². The van der Waals surface area contributed by atoms with Crippen LogP contribution in [0.1, 0.15) is 12.8 Å². The molecule has 9 heavy (non-hydrogen) atoms. The average molecular weight is 165 g/mol. The fraction of sp³-hybridized carbons (Fsp3) is 0.500. The van der Waals surface area contributed by atoms with Gasteiger partial charge in [-0.15, -0.1) is 0 Å². The third-order valence-corrected chi connectivity index (χ3v) is 1.42. The van der Waals surface area contributed by atoms with Gasteiger partial charge >= 0.3 is 5.97 Å². The maximum absolute atomic E-state index is 9.91. The number of rotatable bonds is 3. The van der Waals surface area contributed by atoms with Crippen LogP contribution in [0.25, 0.3) is 0 Å². The number of aliphatic carboxylic acids is 1. The molecule has 52 valence electrons. The fourth-order valence-corrected chi connectivity index (χ4v) is 0.490. The monoisotopic (exact) mass is 165 g/mol. The molecule has 0 aliphatic rings. The Kier molecular flexibility index (Phi) is 4.43. The Balaban J connectivity index is 3.28. The minimum atomic E-state index is -0.846. The Morgan fingerprint density at radius 1 is 1.67 bits per heavy atom. The number of hydrogen-bond donors (Lipinski definition) is 3. The van der Waals surface area contributed by atoms with Gasteiger partial charge in [-0.25, -0.2) is 0 Å². The molecular formula is C4H7NO2S2. The lowest BCUT2D eigenvalue weighted by Crippen LogP contribution is -2.11. The van der Waals surface area contributed by atoms with E-state index in [1.54, 1.807) is 0 Å². The molecule has 0 aromatic rings. The van der Waals surface area contributed by atoms with Gasteiger partial charge in [0.2, 0.25) is 0 Å². The second-order valence-electron chi connectivity index (χ2n) is 1.43. The molecule has 0 heterocycles. The molecule has 0 bridgehead atoms. The molecule has 3 nitrogen and oxygen atoms in total. The molecule has 5 heteroatoms. The minimum absolute atomic E-state index is 0.0619. The summed E-state index contributed by atoms with van der Waals surface area (Å²) < 4.78 is 2.38. The van der Waals surface area contributed by atoms with Crippen molar-refractivity contribution in [2.45, 2.75) is 12.8 Å².